The van der Waals surface area contributed by atoms with E-state index in [1.165, 1.54) is 0 Å². The summed E-state index contributed by atoms with van der Waals surface area (Å²) < 4.78 is 0.462. The molecular formula is C11H22O2Sr. The maximum absolute atomic E-state index is 11.6. The summed E-state index contributed by atoms with van der Waals surface area (Å²) in [6.07, 6.45) is 0. The average Bonchev–Trinajstić information content (AvgIpc) is 1.82. The monoisotopic (exact) mass is 274 g/mol. The van der Waals surface area contributed by atoms with Gasteiger partial charge >= 0.3 is 104 Å². The molecule has 0 N–H and O–H groups in total. The summed E-state index contributed by atoms with van der Waals surface area (Å²) in [5.74, 6) is 0. The molecule has 3 heteroatoms. The Bertz CT molecular complexity index is 194. The molecule has 0 aliphatic heterocycles. The van der Waals surface area contributed by atoms with E-state index in [-0.39, 0.29) is 19.8 Å². The van der Waals surface area contributed by atoms with Crippen LogP contribution in [-0.4, -0.2) is 42.5 Å². The molecule has 0 radical (unpaired) electrons. The molecule has 0 aromatic heterocycles. The molecule has 0 atom stereocenters. The van der Waals surface area contributed by atoms with Crippen molar-refractivity contribution in [3.63, 3.8) is 0 Å². The van der Waals surface area contributed by atoms with Crippen molar-refractivity contribution in [2.45, 2.75) is 49.0 Å². The minimum atomic E-state index is -1.89. The molecule has 0 amide bonds. The van der Waals surface area contributed by atoms with E-state index < -0.39 is 41.0 Å². The predicted molar refractivity (Wildman–Crippen MR) is 61.4 cm³/mol. The minimum absolute atomic E-state index is 0. The molecule has 0 saturated carbocycles. The first kappa shape index (κ1) is 17.2. The average molecular weight is 274 g/mol. The van der Waals surface area contributed by atoms with Crippen molar-refractivity contribution in [2.24, 2.45) is 10.8 Å². The quantitative estimate of drug-likeness (QED) is 0.725. The van der Waals surface area contributed by atoms with Crippen molar-refractivity contribution in [3.05, 3.63) is 0 Å². The van der Waals surface area contributed by atoms with E-state index in [1.807, 2.05) is 41.5 Å². The van der Waals surface area contributed by atoms with E-state index in [1.54, 1.807) is 0 Å². The van der Waals surface area contributed by atoms with E-state index in [0.717, 1.165) is 0 Å². The zero-order valence-electron chi connectivity index (χ0n) is 9.52. The van der Waals surface area contributed by atoms with Crippen LogP contribution in [-0.2, 0) is 9.59 Å². The summed E-state index contributed by atoms with van der Waals surface area (Å²) in [7, 11) is 0. The number of rotatable bonds is 2. The molecular weight excluding hydrogens is 252 g/mol. The Morgan fingerprint density at radius 2 is 1.00 bits per heavy atom. The van der Waals surface area contributed by atoms with Crippen LogP contribution in [0.1, 0.15) is 49.0 Å². The fourth-order valence-electron chi connectivity index (χ4n) is 0.676. The summed E-state index contributed by atoms with van der Waals surface area (Å²) in [6, 6.07) is 0. The predicted octanol–water partition coefficient (Wildman–Crippen LogP) is 2.47. The van der Waals surface area contributed by atoms with Gasteiger partial charge in [0, 0.05) is 0 Å². The molecule has 0 unspecified atom stereocenters. The van der Waals surface area contributed by atoms with Gasteiger partial charge in [0.05, 0.1) is 0 Å². The molecule has 0 rings (SSSR count). The van der Waals surface area contributed by atoms with Gasteiger partial charge in [-0.3, -0.25) is 0 Å². The second-order valence-electron chi connectivity index (χ2n) is 5.52. The third-order valence-corrected chi connectivity index (χ3v) is 8.79. The zero-order valence-corrected chi connectivity index (χ0v) is 13.0. The van der Waals surface area contributed by atoms with E-state index >= 15 is 0 Å². The van der Waals surface area contributed by atoms with E-state index in [2.05, 4.69) is 0 Å². The fraction of sp³-hybridized carbons (Fsp3) is 0.818. The first-order valence-electron chi connectivity index (χ1n) is 4.62. The Labute approximate surface area is 111 Å². The number of carbonyl (C=O) groups excluding carboxylic acids is 2. The number of hydrogen-bond acceptors (Lipinski definition) is 2. The van der Waals surface area contributed by atoms with E-state index in [0.29, 0.717) is 0 Å². The summed E-state index contributed by atoms with van der Waals surface area (Å²) in [5, 5.41) is 0. The van der Waals surface area contributed by atoms with Crippen LogP contribution in [0.25, 0.3) is 0 Å². The van der Waals surface area contributed by atoms with Crippen molar-refractivity contribution >= 4 is 42.5 Å². The third-order valence-electron chi connectivity index (χ3n) is 1.99. The fourth-order valence-corrected chi connectivity index (χ4v) is 4.00. The maximum atomic E-state index is 11.6. The first-order valence-corrected chi connectivity index (χ1v) is 8.09. The van der Waals surface area contributed by atoms with Gasteiger partial charge in [0.2, 0.25) is 0 Å². The molecule has 0 aliphatic carbocycles. The third kappa shape index (κ3) is 6.33. The summed E-state index contributed by atoms with van der Waals surface area (Å²) in [4.78, 5) is 23.2. The van der Waals surface area contributed by atoms with Crippen LogP contribution >= 0.6 is 0 Å². The molecule has 0 saturated heterocycles. The Hall–Kier alpha value is 0.821. The first-order chi connectivity index (χ1) is 5.55. The van der Waals surface area contributed by atoms with Gasteiger partial charge < -0.3 is 0 Å². The van der Waals surface area contributed by atoms with Gasteiger partial charge in [-0.05, 0) is 0 Å². The van der Waals surface area contributed by atoms with Gasteiger partial charge in [0.1, 0.15) is 0 Å². The van der Waals surface area contributed by atoms with Gasteiger partial charge in [0.15, 0.2) is 0 Å². The molecule has 0 fully saturated rings. The second kappa shape index (κ2) is 5.78. The summed E-state index contributed by atoms with van der Waals surface area (Å²) >= 11 is -1.89. The standard InChI is InChI=1S/2C5H9O.CH4.Sr/c2*1-5(2,3)4-6;;/h2*1-3H3;1H4;. The van der Waals surface area contributed by atoms with Crippen molar-refractivity contribution in [2.75, 3.05) is 0 Å². The van der Waals surface area contributed by atoms with Gasteiger partial charge in [-0.1, -0.05) is 7.43 Å². The van der Waals surface area contributed by atoms with Crippen molar-refractivity contribution in [1.82, 2.24) is 0 Å². The van der Waals surface area contributed by atoms with Gasteiger partial charge in [-0.15, -0.1) is 0 Å². The van der Waals surface area contributed by atoms with Crippen molar-refractivity contribution in [3.8, 4) is 0 Å². The molecule has 0 heterocycles. The van der Waals surface area contributed by atoms with Crippen LogP contribution in [0.3, 0.4) is 0 Å². The summed E-state index contributed by atoms with van der Waals surface area (Å²) in [6.45, 7) is 11.3. The topological polar surface area (TPSA) is 34.1 Å². The Kier molecular flexibility index (Phi) is 7.11. The SMILES string of the molecule is C.CC(C)(C)[C](=O)[Sr][C](=O)C(C)(C)C. The summed E-state index contributed by atoms with van der Waals surface area (Å²) in [5.41, 5.74) is -0.617. The van der Waals surface area contributed by atoms with Crippen molar-refractivity contribution in [1.29, 1.82) is 0 Å². The molecule has 0 spiro atoms. The Morgan fingerprint density at radius 3 is 1.14 bits per heavy atom. The molecule has 0 aromatic carbocycles. The van der Waals surface area contributed by atoms with E-state index in [9.17, 15) is 9.59 Å². The molecule has 0 aromatic rings. The van der Waals surface area contributed by atoms with Gasteiger partial charge in [-0.25, -0.2) is 0 Å². The van der Waals surface area contributed by atoms with E-state index in [4.69, 9.17) is 0 Å². The molecule has 0 aliphatic rings. The van der Waals surface area contributed by atoms with Crippen LogP contribution in [0, 0.1) is 10.8 Å². The van der Waals surface area contributed by atoms with Crippen LogP contribution < -0.4 is 0 Å². The Morgan fingerprint density at radius 1 is 0.786 bits per heavy atom. The Balaban J connectivity index is 0. The van der Waals surface area contributed by atoms with Crippen LogP contribution in [0.4, 0.5) is 0 Å². The zero-order chi connectivity index (χ0) is 10.9. The van der Waals surface area contributed by atoms with Gasteiger partial charge in [0.25, 0.3) is 0 Å². The van der Waals surface area contributed by atoms with Crippen LogP contribution in [0.15, 0.2) is 0 Å². The van der Waals surface area contributed by atoms with Gasteiger partial charge in [-0.2, -0.15) is 0 Å². The molecule has 2 nitrogen and oxygen atoms in total. The second-order valence-corrected chi connectivity index (χ2v) is 9.55. The molecule has 14 heavy (non-hydrogen) atoms. The van der Waals surface area contributed by atoms with Crippen LogP contribution in [0.2, 0.25) is 0 Å². The molecule has 0 bridgehead atoms. The number of hydrogen-bond donors (Lipinski definition) is 0. The van der Waals surface area contributed by atoms with Crippen LogP contribution in [0.5, 0.6) is 0 Å². The normalized spacial score (nSPS) is 11.3. The molecule has 80 valence electrons. The number of carbonyl (C=O) groups is 2. The van der Waals surface area contributed by atoms with Crippen molar-refractivity contribution < 1.29 is 9.59 Å².